The van der Waals surface area contributed by atoms with Gasteiger partial charge in [-0.25, -0.2) is 8.42 Å². The summed E-state index contributed by atoms with van der Waals surface area (Å²) in [7, 11) is -3.60. The lowest BCUT2D eigenvalue weighted by atomic mass is 9.99. The van der Waals surface area contributed by atoms with Crippen molar-refractivity contribution >= 4 is 33.0 Å². The molecule has 0 saturated carbocycles. The molecule has 1 N–H and O–H groups in total. The van der Waals surface area contributed by atoms with E-state index in [2.05, 4.69) is 26.7 Å². The molecule has 3 heterocycles. The first-order chi connectivity index (χ1) is 11.5. The van der Waals surface area contributed by atoms with Crippen LogP contribution in [0, 0.1) is 5.92 Å². The van der Waals surface area contributed by atoms with Gasteiger partial charge in [0.2, 0.25) is 0 Å². The summed E-state index contributed by atoms with van der Waals surface area (Å²) in [6.45, 7) is 6.20. The summed E-state index contributed by atoms with van der Waals surface area (Å²) in [6.07, 6.45) is 3.12. The third-order valence-corrected chi connectivity index (χ3v) is 7.32. The fourth-order valence-electron chi connectivity index (χ4n) is 2.67. The standard InChI is InChI=1S/C16H22N4O2S2/c1-3-13-4-7-16(23-13)24(21,22)19-14-5-6-15(18-17-14)20-10-8-12(2)9-11-20/h4-7,12H,3,8-11H2,1-2H3,(H,17,19). The van der Waals surface area contributed by atoms with E-state index < -0.39 is 10.0 Å². The molecule has 24 heavy (non-hydrogen) atoms. The van der Waals surface area contributed by atoms with Crippen LogP contribution in [0.1, 0.15) is 31.6 Å². The van der Waals surface area contributed by atoms with Crippen LogP contribution >= 0.6 is 11.3 Å². The van der Waals surface area contributed by atoms with Gasteiger partial charge in [-0.15, -0.1) is 21.5 Å². The number of aryl methyl sites for hydroxylation is 1. The van der Waals surface area contributed by atoms with E-state index in [1.807, 2.05) is 19.1 Å². The van der Waals surface area contributed by atoms with Gasteiger partial charge in [0.05, 0.1) is 0 Å². The van der Waals surface area contributed by atoms with Crippen LogP contribution in [0.15, 0.2) is 28.5 Å². The average Bonchev–Trinajstić information content (AvgIpc) is 3.06. The quantitative estimate of drug-likeness (QED) is 0.880. The molecular weight excluding hydrogens is 344 g/mol. The molecule has 0 radical (unpaired) electrons. The second kappa shape index (κ2) is 7.06. The molecule has 1 aliphatic rings. The van der Waals surface area contributed by atoms with E-state index in [1.165, 1.54) is 11.3 Å². The van der Waals surface area contributed by atoms with E-state index in [0.29, 0.717) is 4.21 Å². The number of hydrogen-bond donors (Lipinski definition) is 1. The number of nitrogens with zero attached hydrogens (tertiary/aromatic N) is 3. The Kier molecular flexibility index (Phi) is 5.05. The first kappa shape index (κ1) is 17.2. The average molecular weight is 367 g/mol. The topological polar surface area (TPSA) is 75.2 Å². The maximum absolute atomic E-state index is 12.4. The van der Waals surface area contributed by atoms with E-state index >= 15 is 0 Å². The summed E-state index contributed by atoms with van der Waals surface area (Å²) >= 11 is 1.28. The Morgan fingerprint density at radius 3 is 2.54 bits per heavy atom. The summed E-state index contributed by atoms with van der Waals surface area (Å²) in [5, 5.41) is 8.21. The Morgan fingerprint density at radius 1 is 1.21 bits per heavy atom. The minimum absolute atomic E-state index is 0.246. The zero-order valence-corrected chi connectivity index (χ0v) is 15.5. The number of thiophene rings is 1. The SMILES string of the molecule is CCc1ccc(S(=O)(=O)Nc2ccc(N3CCC(C)CC3)nn2)s1. The Morgan fingerprint density at radius 2 is 1.96 bits per heavy atom. The monoisotopic (exact) mass is 366 g/mol. The molecule has 2 aromatic rings. The minimum atomic E-state index is -3.60. The van der Waals surface area contributed by atoms with E-state index in [9.17, 15) is 8.42 Å². The Bertz CT molecular complexity index is 779. The minimum Gasteiger partial charge on any atom is -0.355 e. The van der Waals surface area contributed by atoms with Gasteiger partial charge in [-0.3, -0.25) is 4.72 Å². The molecule has 0 bridgehead atoms. The first-order valence-electron chi connectivity index (χ1n) is 8.18. The summed E-state index contributed by atoms with van der Waals surface area (Å²) in [4.78, 5) is 3.23. The fraction of sp³-hybridized carbons (Fsp3) is 0.500. The van der Waals surface area contributed by atoms with Crippen LogP contribution in [0.3, 0.4) is 0 Å². The molecule has 0 unspecified atom stereocenters. The van der Waals surface area contributed by atoms with Gasteiger partial charge in [0, 0.05) is 18.0 Å². The summed E-state index contributed by atoms with van der Waals surface area (Å²) in [5.41, 5.74) is 0. The molecule has 6 nitrogen and oxygen atoms in total. The van der Waals surface area contributed by atoms with Crippen LogP contribution in [-0.4, -0.2) is 31.7 Å². The largest absolute Gasteiger partial charge is 0.355 e. The predicted octanol–water partition coefficient (Wildman–Crippen LogP) is 3.14. The van der Waals surface area contributed by atoms with Gasteiger partial charge in [-0.2, -0.15) is 0 Å². The van der Waals surface area contributed by atoms with Crippen molar-refractivity contribution in [2.45, 2.75) is 37.3 Å². The molecule has 0 aromatic carbocycles. The maximum atomic E-state index is 12.4. The molecule has 3 rings (SSSR count). The van der Waals surface area contributed by atoms with Gasteiger partial charge in [0.25, 0.3) is 10.0 Å². The molecule has 8 heteroatoms. The first-order valence-corrected chi connectivity index (χ1v) is 10.5. The molecule has 0 atom stereocenters. The maximum Gasteiger partial charge on any atom is 0.272 e. The Hall–Kier alpha value is -1.67. The van der Waals surface area contributed by atoms with E-state index in [4.69, 9.17) is 0 Å². The van der Waals surface area contributed by atoms with Crippen molar-refractivity contribution < 1.29 is 8.42 Å². The van der Waals surface area contributed by atoms with Gasteiger partial charge in [-0.1, -0.05) is 13.8 Å². The molecule has 1 fully saturated rings. The van der Waals surface area contributed by atoms with Gasteiger partial charge < -0.3 is 4.90 Å². The van der Waals surface area contributed by atoms with Crippen molar-refractivity contribution in [3.63, 3.8) is 0 Å². The number of aromatic nitrogens is 2. The summed E-state index contributed by atoms with van der Waals surface area (Å²) in [6, 6.07) is 6.97. The van der Waals surface area contributed by atoms with Crippen LogP contribution in [-0.2, 0) is 16.4 Å². The van der Waals surface area contributed by atoms with E-state index in [-0.39, 0.29) is 5.82 Å². The highest BCUT2D eigenvalue weighted by atomic mass is 32.2. The fourth-order valence-corrected chi connectivity index (χ4v) is 4.96. The van der Waals surface area contributed by atoms with Gasteiger partial charge in [0.1, 0.15) is 4.21 Å². The highest BCUT2D eigenvalue weighted by Crippen LogP contribution is 2.25. The third kappa shape index (κ3) is 3.87. The lowest BCUT2D eigenvalue weighted by Gasteiger charge is -2.30. The van der Waals surface area contributed by atoms with E-state index in [0.717, 1.165) is 49.0 Å². The molecule has 0 spiro atoms. The molecule has 1 aliphatic heterocycles. The van der Waals surface area contributed by atoms with Crippen LogP contribution < -0.4 is 9.62 Å². The van der Waals surface area contributed by atoms with Crippen molar-refractivity contribution in [2.75, 3.05) is 22.7 Å². The Labute approximate surface area is 147 Å². The second-order valence-corrected chi connectivity index (χ2v) is 9.20. The Balaban J connectivity index is 1.69. The third-order valence-electron chi connectivity index (χ3n) is 4.25. The summed E-state index contributed by atoms with van der Waals surface area (Å²) < 4.78 is 27.6. The zero-order valence-electron chi connectivity index (χ0n) is 13.9. The highest BCUT2D eigenvalue weighted by molar-refractivity contribution is 7.94. The number of hydrogen-bond acceptors (Lipinski definition) is 6. The van der Waals surface area contributed by atoms with Crippen molar-refractivity contribution in [3.8, 4) is 0 Å². The van der Waals surface area contributed by atoms with Crippen molar-refractivity contribution in [2.24, 2.45) is 5.92 Å². The number of sulfonamides is 1. The van der Waals surface area contributed by atoms with Crippen molar-refractivity contribution in [3.05, 3.63) is 29.1 Å². The molecule has 2 aromatic heterocycles. The zero-order chi connectivity index (χ0) is 17.2. The second-order valence-electron chi connectivity index (χ2n) is 6.13. The normalized spacial score (nSPS) is 16.3. The van der Waals surface area contributed by atoms with Crippen LogP contribution in [0.5, 0.6) is 0 Å². The lowest BCUT2D eigenvalue weighted by molar-refractivity contribution is 0.436. The molecule has 130 valence electrons. The predicted molar refractivity (Wildman–Crippen MR) is 97.1 cm³/mol. The number of rotatable bonds is 5. The molecule has 0 aliphatic carbocycles. The molecule has 0 amide bonds. The number of piperidine rings is 1. The van der Waals surface area contributed by atoms with Crippen molar-refractivity contribution in [1.29, 1.82) is 0 Å². The van der Waals surface area contributed by atoms with Crippen molar-refractivity contribution in [1.82, 2.24) is 10.2 Å². The van der Waals surface area contributed by atoms with Crippen LogP contribution in [0.25, 0.3) is 0 Å². The van der Waals surface area contributed by atoms with E-state index in [1.54, 1.807) is 12.1 Å². The molecular formula is C16H22N4O2S2. The number of nitrogens with one attached hydrogen (secondary N) is 1. The lowest BCUT2D eigenvalue weighted by Crippen LogP contribution is -2.33. The van der Waals surface area contributed by atoms with Gasteiger partial charge in [-0.05, 0) is 49.4 Å². The summed E-state index contributed by atoms with van der Waals surface area (Å²) in [5.74, 6) is 1.80. The smallest absolute Gasteiger partial charge is 0.272 e. The van der Waals surface area contributed by atoms with Gasteiger partial charge in [0.15, 0.2) is 11.6 Å². The highest BCUT2D eigenvalue weighted by Gasteiger charge is 2.19. The van der Waals surface area contributed by atoms with Crippen LogP contribution in [0.2, 0.25) is 0 Å². The van der Waals surface area contributed by atoms with Crippen LogP contribution in [0.4, 0.5) is 11.6 Å². The molecule has 1 saturated heterocycles. The van der Waals surface area contributed by atoms with Gasteiger partial charge >= 0.3 is 0 Å². The number of anilines is 2.